The lowest BCUT2D eigenvalue weighted by atomic mass is 9.73. The first-order valence-corrected chi connectivity index (χ1v) is 7.19. The Morgan fingerprint density at radius 2 is 1.72 bits per heavy atom. The summed E-state index contributed by atoms with van der Waals surface area (Å²) in [7, 11) is 3.69. The zero-order valence-corrected chi connectivity index (χ0v) is 11.7. The fourth-order valence-electron chi connectivity index (χ4n) is 3.50. The second-order valence-electron chi connectivity index (χ2n) is 5.78. The SMILES string of the molecule is COC(=O)C(C1CCNCC1)C1CCN(C)CC1. The Labute approximate surface area is 110 Å². The Morgan fingerprint density at radius 3 is 2.28 bits per heavy atom. The van der Waals surface area contributed by atoms with E-state index in [0.717, 1.165) is 51.9 Å². The standard InChI is InChI=1S/C14H26N2O2/c1-16-9-5-12(6-10-16)13(14(17)18-2)11-3-7-15-8-4-11/h11-13,15H,3-10H2,1-2H3. The van der Waals surface area contributed by atoms with Gasteiger partial charge in [0.25, 0.3) is 0 Å². The number of carbonyl (C=O) groups is 1. The summed E-state index contributed by atoms with van der Waals surface area (Å²) in [5, 5.41) is 3.38. The van der Waals surface area contributed by atoms with Gasteiger partial charge in [0.2, 0.25) is 0 Å². The number of methoxy groups -OCH3 is 1. The van der Waals surface area contributed by atoms with Crippen molar-refractivity contribution in [1.82, 2.24) is 10.2 Å². The molecule has 2 aliphatic rings. The molecule has 4 nitrogen and oxygen atoms in total. The molecule has 1 N–H and O–H groups in total. The second kappa shape index (κ2) is 6.53. The maximum Gasteiger partial charge on any atom is 0.309 e. The van der Waals surface area contributed by atoms with E-state index in [1.54, 1.807) is 0 Å². The van der Waals surface area contributed by atoms with Gasteiger partial charge in [-0.05, 0) is 70.7 Å². The molecule has 2 heterocycles. The quantitative estimate of drug-likeness (QED) is 0.766. The van der Waals surface area contributed by atoms with E-state index in [2.05, 4.69) is 17.3 Å². The molecular formula is C14H26N2O2. The average Bonchev–Trinajstić information content (AvgIpc) is 2.42. The highest BCUT2D eigenvalue weighted by Crippen LogP contribution is 2.35. The first-order chi connectivity index (χ1) is 8.72. The predicted molar refractivity (Wildman–Crippen MR) is 71.3 cm³/mol. The molecule has 2 fully saturated rings. The van der Waals surface area contributed by atoms with E-state index in [0.29, 0.717) is 11.8 Å². The van der Waals surface area contributed by atoms with Gasteiger partial charge in [0.1, 0.15) is 0 Å². The fraction of sp³-hybridized carbons (Fsp3) is 0.929. The van der Waals surface area contributed by atoms with Gasteiger partial charge in [0.15, 0.2) is 0 Å². The number of hydrogen-bond donors (Lipinski definition) is 1. The van der Waals surface area contributed by atoms with Gasteiger partial charge in [-0.25, -0.2) is 0 Å². The molecule has 104 valence electrons. The highest BCUT2D eigenvalue weighted by Gasteiger charge is 2.37. The second-order valence-corrected chi connectivity index (χ2v) is 5.78. The molecule has 0 aromatic rings. The van der Waals surface area contributed by atoms with Crippen LogP contribution < -0.4 is 5.32 Å². The largest absolute Gasteiger partial charge is 0.469 e. The van der Waals surface area contributed by atoms with Crippen LogP contribution in [0.25, 0.3) is 0 Å². The summed E-state index contributed by atoms with van der Waals surface area (Å²) >= 11 is 0. The third kappa shape index (κ3) is 3.23. The molecule has 18 heavy (non-hydrogen) atoms. The Bertz CT molecular complexity index is 269. The number of rotatable bonds is 3. The van der Waals surface area contributed by atoms with Crippen LogP contribution in [0.15, 0.2) is 0 Å². The lowest BCUT2D eigenvalue weighted by Gasteiger charge is -2.38. The van der Waals surface area contributed by atoms with Gasteiger partial charge < -0.3 is 15.0 Å². The van der Waals surface area contributed by atoms with Crippen LogP contribution in [0.3, 0.4) is 0 Å². The van der Waals surface area contributed by atoms with E-state index in [4.69, 9.17) is 4.74 Å². The molecule has 0 amide bonds. The normalized spacial score (nSPS) is 25.9. The Hall–Kier alpha value is -0.610. The van der Waals surface area contributed by atoms with Crippen LogP contribution in [0.4, 0.5) is 0 Å². The number of hydrogen-bond acceptors (Lipinski definition) is 4. The average molecular weight is 254 g/mol. The van der Waals surface area contributed by atoms with Crippen LogP contribution in [-0.4, -0.2) is 51.2 Å². The lowest BCUT2D eigenvalue weighted by Crippen LogP contribution is -2.42. The lowest BCUT2D eigenvalue weighted by molar-refractivity contribution is -0.151. The summed E-state index contributed by atoms with van der Waals surface area (Å²) in [6, 6.07) is 0. The van der Waals surface area contributed by atoms with Crippen molar-refractivity contribution >= 4 is 5.97 Å². The van der Waals surface area contributed by atoms with Crippen molar-refractivity contribution in [3.63, 3.8) is 0 Å². The highest BCUT2D eigenvalue weighted by molar-refractivity contribution is 5.73. The monoisotopic (exact) mass is 254 g/mol. The Balaban J connectivity index is 2.01. The smallest absolute Gasteiger partial charge is 0.309 e. The van der Waals surface area contributed by atoms with Gasteiger partial charge in [0, 0.05) is 0 Å². The summed E-state index contributed by atoms with van der Waals surface area (Å²) in [5.74, 6) is 1.20. The van der Waals surface area contributed by atoms with Crippen LogP contribution in [-0.2, 0) is 9.53 Å². The molecule has 0 bridgehead atoms. The molecule has 0 saturated carbocycles. The van der Waals surface area contributed by atoms with E-state index in [9.17, 15) is 4.79 Å². The van der Waals surface area contributed by atoms with E-state index < -0.39 is 0 Å². The number of likely N-dealkylation sites (tertiary alicyclic amines) is 1. The molecule has 1 atom stereocenters. The summed E-state index contributed by atoms with van der Waals surface area (Å²) < 4.78 is 5.07. The number of ether oxygens (including phenoxy) is 1. The first kappa shape index (κ1) is 13.8. The van der Waals surface area contributed by atoms with Crippen molar-refractivity contribution in [2.24, 2.45) is 17.8 Å². The van der Waals surface area contributed by atoms with Crippen LogP contribution in [0.2, 0.25) is 0 Å². The molecule has 4 heteroatoms. The number of nitrogens with zero attached hydrogens (tertiary/aromatic N) is 1. The van der Waals surface area contributed by atoms with E-state index in [-0.39, 0.29) is 11.9 Å². The highest BCUT2D eigenvalue weighted by atomic mass is 16.5. The molecule has 0 aliphatic carbocycles. The minimum atomic E-state index is 0.0245. The predicted octanol–water partition coefficient (Wildman–Crippen LogP) is 1.12. The molecule has 2 saturated heterocycles. The number of esters is 1. The first-order valence-electron chi connectivity index (χ1n) is 7.19. The minimum absolute atomic E-state index is 0.0245. The third-order valence-corrected chi connectivity index (χ3v) is 4.64. The molecule has 2 rings (SSSR count). The molecule has 0 radical (unpaired) electrons. The van der Waals surface area contributed by atoms with Crippen molar-refractivity contribution in [1.29, 1.82) is 0 Å². The van der Waals surface area contributed by atoms with Crippen LogP contribution in [0, 0.1) is 17.8 Å². The van der Waals surface area contributed by atoms with Crippen molar-refractivity contribution < 1.29 is 9.53 Å². The number of piperidine rings is 2. The molecular weight excluding hydrogens is 228 g/mol. The molecule has 2 aliphatic heterocycles. The van der Waals surface area contributed by atoms with Crippen molar-refractivity contribution in [3.8, 4) is 0 Å². The van der Waals surface area contributed by atoms with Gasteiger partial charge in [-0.1, -0.05) is 0 Å². The van der Waals surface area contributed by atoms with Crippen molar-refractivity contribution in [3.05, 3.63) is 0 Å². The van der Waals surface area contributed by atoms with Crippen LogP contribution in [0.5, 0.6) is 0 Å². The summed E-state index contributed by atoms with van der Waals surface area (Å²) in [6.07, 6.45) is 4.51. The van der Waals surface area contributed by atoms with Gasteiger partial charge in [-0.3, -0.25) is 4.79 Å². The molecule has 0 spiro atoms. The fourth-order valence-corrected chi connectivity index (χ4v) is 3.50. The summed E-state index contributed by atoms with van der Waals surface area (Å²) in [4.78, 5) is 14.5. The number of carbonyl (C=O) groups excluding carboxylic acids is 1. The van der Waals surface area contributed by atoms with E-state index in [1.807, 2.05) is 0 Å². The van der Waals surface area contributed by atoms with Gasteiger partial charge in [-0.2, -0.15) is 0 Å². The number of nitrogens with one attached hydrogen (secondary N) is 1. The van der Waals surface area contributed by atoms with Crippen molar-refractivity contribution in [2.75, 3.05) is 40.3 Å². The minimum Gasteiger partial charge on any atom is -0.469 e. The Kier molecular flexibility index (Phi) is 5.01. The van der Waals surface area contributed by atoms with Crippen LogP contribution >= 0.6 is 0 Å². The van der Waals surface area contributed by atoms with Crippen molar-refractivity contribution in [2.45, 2.75) is 25.7 Å². The zero-order chi connectivity index (χ0) is 13.0. The van der Waals surface area contributed by atoms with Gasteiger partial charge in [-0.15, -0.1) is 0 Å². The molecule has 0 aromatic heterocycles. The zero-order valence-electron chi connectivity index (χ0n) is 11.7. The topological polar surface area (TPSA) is 41.6 Å². The maximum absolute atomic E-state index is 12.1. The summed E-state index contributed by atoms with van der Waals surface area (Å²) in [6.45, 7) is 4.32. The van der Waals surface area contributed by atoms with E-state index >= 15 is 0 Å². The molecule has 1 unspecified atom stereocenters. The van der Waals surface area contributed by atoms with E-state index in [1.165, 1.54) is 7.11 Å². The Morgan fingerprint density at radius 1 is 1.17 bits per heavy atom. The molecule has 0 aromatic carbocycles. The third-order valence-electron chi connectivity index (χ3n) is 4.64. The van der Waals surface area contributed by atoms with Gasteiger partial charge >= 0.3 is 5.97 Å². The maximum atomic E-state index is 12.1. The van der Waals surface area contributed by atoms with Gasteiger partial charge in [0.05, 0.1) is 13.0 Å². The summed E-state index contributed by atoms with van der Waals surface area (Å²) in [5.41, 5.74) is 0. The van der Waals surface area contributed by atoms with Crippen LogP contribution in [0.1, 0.15) is 25.7 Å².